The fourth-order valence-corrected chi connectivity index (χ4v) is 1.94. The van der Waals surface area contributed by atoms with Crippen molar-refractivity contribution in [2.24, 2.45) is 0 Å². The van der Waals surface area contributed by atoms with Crippen LogP contribution in [0, 0.1) is 0 Å². The second kappa shape index (κ2) is 6.88. The number of rotatable bonds is 6. The van der Waals surface area contributed by atoms with Gasteiger partial charge in [-0.1, -0.05) is 12.1 Å². The van der Waals surface area contributed by atoms with E-state index >= 15 is 0 Å². The summed E-state index contributed by atoms with van der Waals surface area (Å²) in [6.07, 6.45) is 3.21. The maximum atomic E-state index is 12.5. The summed E-state index contributed by atoms with van der Waals surface area (Å²) >= 11 is 0. The number of hydrogen-bond donors (Lipinski definition) is 0. The summed E-state index contributed by atoms with van der Waals surface area (Å²) in [6.45, 7) is 6.33. The molecule has 0 atom stereocenters. The van der Waals surface area contributed by atoms with E-state index in [1.54, 1.807) is 30.6 Å². The Morgan fingerprint density at radius 1 is 1.14 bits per heavy atom. The highest BCUT2D eigenvalue weighted by molar-refractivity contribution is 6.09. The number of carbonyl (C=O) groups is 1. The molecule has 0 bridgehead atoms. The van der Waals surface area contributed by atoms with E-state index in [1.165, 1.54) is 0 Å². The van der Waals surface area contributed by atoms with Gasteiger partial charge in [-0.05, 0) is 39.0 Å². The van der Waals surface area contributed by atoms with Crippen molar-refractivity contribution < 1.29 is 14.3 Å². The second-order valence-electron chi connectivity index (χ2n) is 4.87. The fourth-order valence-electron chi connectivity index (χ4n) is 1.94. The number of aromatic nitrogens is 1. The van der Waals surface area contributed by atoms with Crippen molar-refractivity contribution in [1.29, 1.82) is 0 Å². The summed E-state index contributed by atoms with van der Waals surface area (Å²) in [7, 11) is 0. The minimum absolute atomic E-state index is 0.0679. The third-order valence-corrected chi connectivity index (χ3v) is 2.75. The minimum Gasteiger partial charge on any atom is -0.492 e. The molecule has 0 aliphatic carbocycles. The van der Waals surface area contributed by atoms with Crippen LogP contribution in [-0.4, -0.2) is 23.5 Å². The van der Waals surface area contributed by atoms with Crippen LogP contribution in [0.15, 0.2) is 42.7 Å². The van der Waals surface area contributed by atoms with Crippen molar-refractivity contribution in [3.05, 3.63) is 53.9 Å². The van der Waals surface area contributed by atoms with Crippen LogP contribution in [0.5, 0.6) is 11.5 Å². The third kappa shape index (κ3) is 4.05. The zero-order chi connectivity index (χ0) is 15.2. The topological polar surface area (TPSA) is 48.4 Å². The van der Waals surface area contributed by atoms with Gasteiger partial charge in [0.2, 0.25) is 0 Å². The molecule has 0 N–H and O–H groups in total. The second-order valence-corrected chi connectivity index (χ2v) is 4.87. The van der Waals surface area contributed by atoms with Crippen molar-refractivity contribution in [2.45, 2.75) is 26.9 Å². The molecule has 1 heterocycles. The standard InChI is InChI=1S/C17H19NO3/c1-4-20-16-9-14(10-18-11-16)17(19)13-6-5-7-15(8-13)21-12(2)3/h5-12H,4H2,1-3H3. The molecule has 2 aromatic rings. The van der Waals surface area contributed by atoms with Crippen LogP contribution in [0.4, 0.5) is 0 Å². The van der Waals surface area contributed by atoms with Crippen LogP contribution in [0.2, 0.25) is 0 Å². The molecule has 0 saturated carbocycles. The number of hydrogen-bond acceptors (Lipinski definition) is 4. The van der Waals surface area contributed by atoms with Crippen LogP contribution in [0.25, 0.3) is 0 Å². The number of ether oxygens (including phenoxy) is 2. The van der Waals surface area contributed by atoms with Gasteiger partial charge in [-0.25, -0.2) is 0 Å². The average Bonchev–Trinajstić information content (AvgIpc) is 2.47. The van der Waals surface area contributed by atoms with Gasteiger partial charge in [0.1, 0.15) is 11.5 Å². The zero-order valence-corrected chi connectivity index (χ0v) is 12.5. The summed E-state index contributed by atoms with van der Waals surface area (Å²) in [4.78, 5) is 16.5. The predicted octanol–water partition coefficient (Wildman–Crippen LogP) is 3.50. The molecule has 21 heavy (non-hydrogen) atoms. The van der Waals surface area contributed by atoms with E-state index in [-0.39, 0.29) is 11.9 Å². The molecule has 0 fully saturated rings. The Labute approximate surface area is 124 Å². The molecule has 0 amide bonds. The first-order valence-corrected chi connectivity index (χ1v) is 6.99. The maximum Gasteiger partial charge on any atom is 0.194 e. The Balaban J connectivity index is 2.25. The van der Waals surface area contributed by atoms with Crippen molar-refractivity contribution in [3.63, 3.8) is 0 Å². The van der Waals surface area contributed by atoms with Gasteiger partial charge in [0.15, 0.2) is 5.78 Å². The van der Waals surface area contributed by atoms with Gasteiger partial charge in [0.25, 0.3) is 0 Å². The van der Waals surface area contributed by atoms with Crippen LogP contribution in [-0.2, 0) is 0 Å². The van der Waals surface area contributed by atoms with Gasteiger partial charge >= 0.3 is 0 Å². The zero-order valence-electron chi connectivity index (χ0n) is 12.5. The lowest BCUT2D eigenvalue weighted by Gasteiger charge is -2.10. The van der Waals surface area contributed by atoms with E-state index in [9.17, 15) is 4.79 Å². The smallest absolute Gasteiger partial charge is 0.194 e. The molecule has 0 aliphatic rings. The van der Waals surface area contributed by atoms with Gasteiger partial charge in [0.05, 0.1) is 18.9 Å². The molecule has 110 valence electrons. The maximum absolute atomic E-state index is 12.5. The average molecular weight is 285 g/mol. The van der Waals surface area contributed by atoms with E-state index in [2.05, 4.69) is 4.98 Å². The molecule has 4 nitrogen and oxygen atoms in total. The fraction of sp³-hybridized carbons (Fsp3) is 0.294. The summed E-state index contributed by atoms with van der Waals surface area (Å²) < 4.78 is 11.0. The summed E-state index contributed by atoms with van der Waals surface area (Å²) in [5.74, 6) is 1.18. The molecule has 2 rings (SSSR count). The summed E-state index contributed by atoms with van der Waals surface area (Å²) in [5, 5.41) is 0. The first-order chi connectivity index (χ1) is 10.1. The van der Waals surface area contributed by atoms with Gasteiger partial charge < -0.3 is 9.47 Å². The van der Waals surface area contributed by atoms with Gasteiger partial charge in [-0.15, -0.1) is 0 Å². The quantitative estimate of drug-likeness (QED) is 0.762. The van der Waals surface area contributed by atoms with Crippen LogP contribution in [0.3, 0.4) is 0 Å². The molecule has 0 saturated heterocycles. The molecule has 1 aromatic carbocycles. The molecule has 0 aliphatic heterocycles. The van der Waals surface area contributed by atoms with Crippen LogP contribution >= 0.6 is 0 Å². The first kappa shape index (κ1) is 15.0. The Kier molecular flexibility index (Phi) is 4.93. The van der Waals surface area contributed by atoms with E-state index in [1.807, 2.05) is 32.9 Å². The molecular formula is C17H19NO3. The number of benzene rings is 1. The number of carbonyl (C=O) groups excluding carboxylic acids is 1. The van der Waals surface area contributed by atoms with Gasteiger partial charge in [-0.2, -0.15) is 0 Å². The Morgan fingerprint density at radius 2 is 1.90 bits per heavy atom. The van der Waals surface area contributed by atoms with E-state index in [0.29, 0.717) is 29.2 Å². The van der Waals surface area contributed by atoms with Gasteiger partial charge in [-0.3, -0.25) is 9.78 Å². The van der Waals surface area contributed by atoms with E-state index < -0.39 is 0 Å². The highest BCUT2D eigenvalue weighted by Crippen LogP contribution is 2.19. The van der Waals surface area contributed by atoms with Crippen molar-refractivity contribution >= 4 is 5.78 Å². The SMILES string of the molecule is CCOc1cncc(C(=O)c2cccc(OC(C)C)c2)c1. The largest absolute Gasteiger partial charge is 0.492 e. The Hall–Kier alpha value is -2.36. The number of ketones is 1. The van der Waals surface area contributed by atoms with Crippen LogP contribution < -0.4 is 9.47 Å². The Bertz CT molecular complexity index is 623. The number of nitrogens with zero attached hydrogens (tertiary/aromatic N) is 1. The predicted molar refractivity (Wildman–Crippen MR) is 81.0 cm³/mol. The monoisotopic (exact) mass is 285 g/mol. The lowest BCUT2D eigenvalue weighted by Crippen LogP contribution is -2.07. The highest BCUT2D eigenvalue weighted by Gasteiger charge is 2.12. The van der Waals surface area contributed by atoms with Crippen LogP contribution in [0.1, 0.15) is 36.7 Å². The molecule has 0 unspecified atom stereocenters. The van der Waals surface area contributed by atoms with Crippen molar-refractivity contribution in [1.82, 2.24) is 4.98 Å². The molecule has 0 spiro atoms. The van der Waals surface area contributed by atoms with Gasteiger partial charge in [0, 0.05) is 17.3 Å². The van der Waals surface area contributed by atoms with Crippen molar-refractivity contribution in [2.75, 3.05) is 6.61 Å². The minimum atomic E-state index is -0.0988. The van der Waals surface area contributed by atoms with Crippen molar-refractivity contribution in [3.8, 4) is 11.5 Å². The van der Waals surface area contributed by atoms with E-state index in [0.717, 1.165) is 0 Å². The summed E-state index contributed by atoms with van der Waals surface area (Å²) in [5.41, 5.74) is 1.08. The van der Waals surface area contributed by atoms with E-state index in [4.69, 9.17) is 9.47 Å². The highest BCUT2D eigenvalue weighted by atomic mass is 16.5. The molecule has 1 aromatic heterocycles. The Morgan fingerprint density at radius 3 is 2.62 bits per heavy atom. The molecule has 4 heteroatoms. The molecule has 0 radical (unpaired) electrons. The lowest BCUT2D eigenvalue weighted by molar-refractivity contribution is 0.103. The number of pyridine rings is 1. The molecular weight excluding hydrogens is 266 g/mol. The normalized spacial score (nSPS) is 10.5. The third-order valence-electron chi connectivity index (χ3n) is 2.75. The first-order valence-electron chi connectivity index (χ1n) is 6.99. The lowest BCUT2D eigenvalue weighted by atomic mass is 10.0. The summed E-state index contributed by atoms with van der Waals surface area (Å²) in [6, 6.07) is 8.86.